The van der Waals surface area contributed by atoms with Crippen LogP contribution in [0.15, 0.2) is 30.3 Å². The van der Waals surface area contributed by atoms with Crippen LogP contribution in [0.1, 0.15) is 37.7 Å². The maximum absolute atomic E-state index is 13.3. The number of aliphatic carboxylic acids is 3. The first-order chi connectivity index (χ1) is 17.0. The topological polar surface area (TPSA) is 216 Å². The number of carbonyl (C=O) groups is 6. The molecule has 36 heavy (non-hydrogen) atoms. The molecule has 0 aromatic heterocycles. The van der Waals surface area contributed by atoms with Crippen molar-refractivity contribution >= 4 is 35.6 Å². The van der Waals surface area contributed by atoms with Gasteiger partial charge < -0.3 is 36.6 Å². The molecule has 0 aliphatic carbocycles. The minimum absolute atomic E-state index is 0.0202. The summed E-state index contributed by atoms with van der Waals surface area (Å²) in [5.41, 5.74) is 6.22. The molecule has 1 aromatic carbocycles. The average Bonchev–Trinajstić information content (AvgIpc) is 3.31. The first kappa shape index (κ1) is 28.2. The molecular weight excluding hydrogens is 476 g/mol. The SMILES string of the molecule is NC(CC(=O)O)C(=O)NC(CCC(=O)O)C(=O)NC(Cc1ccccc1)C(=O)N1CCCC1C(=O)O. The molecule has 1 heterocycles. The van der Waals surface area contributed by atoms with Crippen LogP contribution in [0.3, 0.4) is 0 Å². The Kier molecular flexibility index (Phi) is 10.3. The molecule has 7 N–H and O–H groups in total. The van der Waals surface area contributed by atoms with Gasteiger partial charge >= 0.3 is 17.9 Å². The minimum Gasteiger partial charge on any atom is -0.481 e. The molecule has 3 amide bonds. The summed E-state index contributed by atoms with van der Waals surface area (Å²) in [4.78, 5) is 73.4. The van der Waals surface area contributed by atoms with E-state index in [9.17, 15) is 33.9 Å². The smallest absolute Gasteiger partial charge is 0.326 e. The fourth-order valence-corrected chi connectivity index (χ4v) is 3.91. The van der Waals surface area contributed by atoms with E-state index in [1.54, 1.807) is 30.3 Å². The number of carbonyl (C=O) groups excluding carboxylic acids is 3. The van der Waals surface area contributed by atoms with Crippen LogP contribution in [-0.2, 0) is 35.2 Å². The van der Waals surface area contributed by atoms with Gasteiger partial charge in [0, 0.05) is 19.4 Å². The molecule has 0 bridgehead atoms. The van der Waals surface area contributed by atoms with Crippen molar-refractivity contribution in [2.24, 2.45) is 5.73 Å². The maximum Gasteiger partial charge on any atom is 0.326 e. The lowest BCUT2D eigenvalue weighted by atomic mass is 10.0. The number of rotatable bonds is 13. The molecular formula is C23H30N4O9. The van der Waals surface area contributed by atoms with E-state index in [-0.39, 0.29) is 25.8 Å². The predicted molar refractivity (Wildman–Crippen MR) is 123 cm³/mol. The van der Waals surface area contributed by atoms with Gasteiger partial charge in [0.1, 0.15) is 18.1 Å². The van der Waals surface area contributed by atoms with E-state index in [0.717, 1.165) is 0 Å². The van der Waals surface area contributed by atoms with Crippen LogP contribution in [0.2, 0.25) is 0 Å². The number of benzene rings is 1. The summed E-state index contributed by atoms with van der Waals surface area (Å²) in [6.07, 6.45) is -0.789. The zero-order chi connectivity index (χ0) is 26.8. The molecule has 1 saturated heterocycles. The van der Waals surface area contributed by atoms with E-state index in [4.69, 9.17) is 15.9 Å². The third-order valence-electron chi connectivity index (χ3n) is 5.73. The molecule has 1 aliphatic heterocycles. The predicted octanol–water partition coefficient (Wildman–Crippen LogP) is -1.06. The minimum atomic E-state index is -1.48. The van der Waals surface area contributed by atoms with Crippen LogP contribution < -0.4 is 16.4 Å². The Morgan fingerprint density at radius 3 is 2.17 bits per heavy atom. The van der Waals surface area contributed by atoms with Gasteiger partial charge in [0.25, 0.3) is 0 Å². The third-order valence-corrected chi connectivity index (χ3v) is 5.73. The molecule has 13 nitrogen and oxygen atoms in total. The molecule has 0 saturated carbocycles. The summed E-state index contributed by atoms with van der Waals surface area (Å²) in [6.45, 7) is 0.195. The van der Waals surface area contributed by atoms with Crippen LogP contribution in [0, 0.1) is 0 Å². The fourth-order valence-electron chi connectivity index (χ4n) is 3.91. The Balaban J connectivity index is 2.25. The summed E-state index contributed by atoms with van der Waals surface area (Å²) in [5.74, 6) is -6.22. The third kappa shape index (κ3) is 8.34. The Labute approximate surface area is 206 Å². The van der Waals surface area contributed by atoms with Crippen LogP contribution >= 0.6 is 0 Å². The Hall–Kier alpha value is -4.00. The maximum atomic E-state index is 13.3. The van der Waals surface area contributed by atoms with E-state index < -0.39 is 72.6 Å². The molecule has 0 radical (unpaired) electrons. The highest BCUT2D eigenvalue weighted by Crippen LogP contribution is 2.20. The number of likely N-dealkylation sites (tertiary alicyclic amines) is 1. The lowest BCUT2D eigenvalue weighted by molar-refractivity contribution is -0.149. The summed E-state index contributed by atoms with van der Waals surface area (Å²) >= 11 is 0. The molecule has 1 fully saturated rings. The monoisotopic (exact) mass is 506 g/mol. The van der Waals surface area contributed by atoms with Gasteiger partial charge in [-0.25, -0.2) is 4.79 Å². The highest BCUT2D eigenvalue weighted by atomic mass is 16.4. The second-order valence-electron chi connectivity index (χ2n) is 8.48. The quantitative estimate of drug-likeness (QED) is 0.190. The van der Waals surface area contributed by atoms with Crippen LogP contribution in [0.5, 0.6) is 0 Å². The van der Waals surface area contributed by atoms with Crippen molar-refractivity contribution in [2.75, 3.05) is 6.54 Å². The molecule has 13 heteroatoms. The van der Waals surface area contributed by atoms with Gasteiger partial charge in [-0.05, 0) is 24.8 Å². The average molecular weight is 507 g/mol. The first-order valence-electron chi connectivity index (χ1n) is 11.4. The van der Waals surface area contributed by atoms with Crippen molar-refractivity contribution in [1.29, 1.82) is 0 Å². The summed E-state index contributed by atoms with van der Waals surface area (Å²) < 4.78 is 0. The molecule has 4 unspecified atom stereocenters. The number of hydrogen-bond donors (Lipinski definition) is 6. The molecule has 196 valence electrons. The lowest BCUT2D eigenvalue weighted by Gasteiger charge is -2.29. The van der Waals surface area contributed by atoms with Gasteiger partial charge in [0.15, 0.2) is 0 Å². The zero-order valence-corrected chi connectivity index (χ0v) is 19.5. The number of nitrogens with zero attached hydrogens (tertiary/aromatic N) is 1. The van der Waals surface area contributed by atoms with Crippen LogP contribution in [0.25, 0.3) is 0 Å². The number of carboxylic acid groups (broad SMARTS) is 3. The zero-order valence-electron chi connectivity index (χ0n) is 19.5. The van der Waals surface area contributed by atoms with Gasteiger partial charge in [0.05, 0.1) is 12.5 Å². The van der Waals surface area contributed by atoms with E-state index in [2.05, 4.69) is 10.6 Å². The van der Waals surface area contributed by atoms with Crippen LogP contribution in [-0.4, -0.2) is 86.6 Å². The number of hydrogen-bond acceptors (Lipinski definition) is 7. The van der Waals surface area contributed by atoms with Gasteiger partial charge in [0.2, 0.25) is 17.7 Å². The largest absolute Gasteiger partial charge is 0.481 e. The highest BCUT2D eigenvalue weighted by Gasteiger charge is 2.38. The highest BCUT2D eigenvalue weighted by molar-refractivity contribution is 5.95. The molecule has 4 atom stereocenters. The van der Waals surface area contributed by atoms with Gasteiger partial charge in [-0.1, -0.05) is 30.3 Å². The van der Waals surface area contributed by atoms with Crippen molar-refractivity contribution in [2.45, 2.75) is 62.7 Å². The van der Waals surface area contributed by atoms with Crippen LogP contribution in [0.4, 0.5) is 0 Å². The van der Waals surface area contributed by atoms with E-state index in [0.29, 0.717) is 12.0 Å². The van der Waals surface area contributed by atoms with Crippen molar-refractivity contribution in [3.05, 3.63) is 35.9 Å². The van der Waals surface area contributed by atoms with E-state index >= 15 is 0 Å². The standard InChI is InChI=1S/C23H30N4O9/c24-14(12-19(30)31)20(32)25-15(8-9-18(28)29)21(33)26-16(11-13-5-2-1-3-6-13)22(34)27-10-4-7-17(27)23(35)36/h1-3,5-6,14-17H,4,7-12,24H2,(H,25,32)(H,26,33)(H,28,29)(H,30,31)(H,35,36). The summed E-state index contributed by atoms with van der Waals surface area (Å²) in [5, 5.41) is 32.1. The van der Waals surface area contributed by atoms with E-state index in [1.807, 2.05) is 0 Å². The summed E-state index contributed by atoms with van der Waals surface area (Å²) in [6, 6.07) is 3.53. The van der Waals surface area contributed by atoms with E-state index in [1.165, 1.54) is 4.90 Å². The van der Waals surface area contributed by atoms with Crippen molar-refractivity contribution in [3.63, 3.8) is 0 Å². The Morgan fingerprint density at radius 1 is 0.944 bits per heavy atom. The van der Waals surface area contributed by atoms with Gasteiger partial charge in [-0.3, -0.25) is 24.0 Å². The lowest BCUT2D eigenvalue weighted by Crippen LogP contribution is -2.57. The number of carboxylic acids is 3. The van der Waals surface area contributed by atoms with Crippen molar-refractivity contribution in [3.8, 4) is 0 Å². The Bertz CT molecular complexity index is 985. The fraction of sp³-hybridized carbons (Fsp3) is 0.478. The number of nitrogens with one attached hydrogen (secondary N) is 2. The first-order valence-corrected chi connectivity index (χ1v) is 11.4. The second kappa shape index (κ2) is 13.2. The van der Waals surface area contributed by atoms with Crippen molar-refractivity contribution in [1.82, 2.24) is 15.5 Å². The normalized spacial score (nSPS) is 17.5. The molecule has 2 rings (SSSR count). The van der Waals surface area contributed by atoms with Crippen molar-refractivity contribution < 1.29 is 44.1 Å². The van der Waals surface area contributed by atoms with Gasteiger partial charge in [-0.15, -0.1) is 0 Å². The number of nitrogens with two attached hydrogens (primary N) is 1. The number of amides is 3. The second-order valence-corrected chi connectivity index (χ2v) is 8.48. The molecule has 0 spiro atoms. The molecule has 1 aromatic rings. The van der Waals surface area contributed by atoms with Gasteiger partial charge in [-0.2, -0.15) is 0 Å². The Morgan fingerprint density at radius 2 is 1.58 bits per heavy atom. The summed E-state index contributed by atoms with van der Waals surface area (Å²) in [7, 11) is 0. The molecule has 1 aliphatic rings.